The van der Waals surface area contributed by atoms with Crippen molar-refractivity contribution in [3.63, 3.8) is 0 Å². The van der Waals surface area contributed by atoms with Crippen LogP contribution in [0.3, 0.4) is 0 Å². The van der Waals surface area contributed by atoms with Crippen LogP contribution in [0, 0.1) is 0 Å². The summed E-state index contributed by atoms with van der Waals surface area (Å²) in [5.41, 5.74) is 0. The second kappa shape index (κ2) is 31.4. The third-order valence-electron chi connectivity index (χ3n) is 8.52. The molecule has 0 fully saturated rings. The van der Waals surface area contributed by atoms with E-state index < -0.39 is 32.7 Å². The first-order chi connectivity index (χ1) is 23.4. The van der Waals surface area contributed by atoms with Crippen LogP contribution in [0.2, 0.25) is 0 Å². The minimum absolute atomic E-state index is 0.0497. The molecule has 0 aromatic rings. The van der Waals surface area contributed by atoms with Crippen LogP contribution in [0.15, 0.2) is 36.5 Å². The van der Waals surface area contributed by atoms with Gasteiger partial charge in [-0.25, -0.2) is 0 Å². The molecule has 9 nitrogen and oxygen atoms in total. The highest BCUT2D eigenvalue weighted by Gasteiger charge is 2.29. The van der Waals surface area contributed by atoms with Crippen molar-refractivity contribution in [1.29, 1.82) is 0 Å². The second-order valence-electron chi connectivity index (χ2n) is 14.4. The Morgan fingerprint density at radius 2 is 1.24 bits per heavy atom. The van der Waals surface area contributed by atoms with Crippen LogP contribution in [0.1, 0.15) is 149 Å². The Morgan fingerprint density at radius 3 is 1.76 bits per heavy atom. The molecule has 288 valence electrons. The maximum atomic E-state index is 12.8. The van der Waals surface area contributed by atoms with Crippen LogP contribution in [0.5, 0.6) is 0 Å². The standard InChI is InChI=1S/C39H75N2O7P/c1-6-8-10-12-14-16-18-20-22-24-26-28-30-32-38(43)40-36(35-48-49(45,46)47-34-33-41(3,4)5)39(44)37(42)31-29-27-25-23-21-19-17-15-13-11-9-7-2/h7,9,15,17,23,25,36-37,39,42,44H,6,8,10-14,16,18-22,24,26-35H2,1-5H3,(H-,40,43,45,46)/b9-7+,17-15+,25-23+. The van der Waals surface area contributed by atoms with Crippen molar-refractivity contribution < 1.29 is 38.0 Å². The maximum absolute atomic E-state index is 12.8. The summed E-state index contributed by atoms with van der Waals surface area (Å²) in [6.45, 7) is 4.16. The Labute approximate surface area is 300 Å². The van der Waals surface area contributed by atoms with Gasteiger partial charge in [-0.05, 0) is 58.3 Å². The van der Waals surface area contributed by atoms with E-state index in [9.17, 15) is 24.5 Å². The van der Waals surface area contributed by atoms with E-state index in [0.717, 1.165) is 51.4 Å². The number of nitrogens with one attached hydrogen (secondary N) is 1. The largest absolute Gasteiger partial charge is 0.756 e. The molecular weight excluding hydrogens is 639 g/mol. The average Bonchev–Trinajstić information content (AvgIpc) is 3.04. The van der Waals surface area contributed by atoms with Crippen molar-refractivity contribution in [2.24, 2.45) is 0 Å². The highest BCUT2D eigenvalue weighted by molar-refractivity contribution is 7.45. The van der Waals surface area contributed by atoms with Crippen LogP contribution in [-0.4, -0.2) is 79.8 Å². The van der Waals surface area contributed by atoms with Gasteiger partial charge < -0.3 is 34.0 Å². The molecule has 0 aliphatic rings. The van der Waals surface area contributed by atoms with Gasteiger partial charge in [0.2, 0.25) is 5.91 Å². The first kappa shape index (κ1) is 47.7. The van der Waals surface area contributed by atoms with Crippen molar-refractivity contribution >= 4 is 13.7 Å². The number of carbonyl (C=O) groups is 1. The number of nitrogens with zero attached hydrogens (tertiary/aromatic N) is 1. The lowest BCUT2D eigenvalue weighted by Gasteiger charge is -2.31. The van der Waals surface area contributed by atoms with E-state index in [1.165, 1.54) is 57.8 Å². The quantitative estimate of drug-likeness (QED) is 0.0265. The summed E-state index contributed by atoms with van der Waals surface area (Å²) in [5.74, 6) is -0.298. The second-order valence-corrected chi connectivity index (χ2v) is 15.8. The van der Waals surface area contributed by atoms with Gasteiger partial charge in [-0.2, -0.15) is 0 Å². The van der Waals surface area contributed by atoms with E-state index in [2.05, 4.69) is 48.7 Å². The number of phosphoric acid groups is 1. The number of aliphatic hydroxyl groups is 2. The fourth-order valence-corrected chi connectivity index (χ4v) is 6.07. The Balaban J connectivity index is 4.67. The van der Waals surface area contributed by atoms with Crippen molar-refractivity contribution in [2.75, 3.05) is 40.9 Å². The van der Waals surface area contributed by atoms with Crippen molar-refractivity contribution in [2.45, 2.75) is 167 Å². The Morgan fingerprint density at radius 1 is 0.755 bits per heavy atom. The summed E-state index contributed by atoms with van der Waals surface area (Å²) in [6.07, 6.45) is 32.0. The molecule has 1 amide bonds. The van der Waals surface area contributed by atoms with Gasteiger partial charge in [-0.15, -0.1) is 0 Å². The molecule has 0 heterocycles. The van der Waals surface area contributed by atoms with Gasteiger partial charge in [0.15, 0.2) is 0 Å². The fraction of sp³-hybridized carbons (Fsp3) is 0.821. The number of hydrogen-bond donors (Lipinski definition) is 3. The lowest BCUT2D eigenvalue weighted by molar-refractivity contribution is -0.870. The summed E-state index contributed by atoms with van der Waals surface area (Å²) in [6, 6.07) is -1.09. The third kappa shape index (κ3) is 32.3. The van der Waals surface area contributed by atoms with Gasteiger partial charge in [0, 0.05) is 6.42 Å². The van der Waals surface area contributed by atoms with E-state index in [1.54, 1.807) is 0 Å². The van der Waals surface area contributed by atoms with Crippen LogP contribution in [0.25, 0.3) is 0 Å². The minimum atomic E-state index is -4.67. The Bertz CT molecular complexity index is 920. The zero-order chi connectivity index (χ0) is 36.6. The van der Waals surface area contributed by atoms with Gasteiger partial charge >= 0.3 is 0 Å². The first-order valence-electron chi connectivity index (χ1n) is 19.4. The molecule has 0 saturated carbocycles. The number of allylic oxidation sites excluding steroid dienone is 6. The molecule has 4 atom stereocenters. The number of hydrogen-bond acceptors (Lipinski definition) is 7. The molecule has 0 aromatic heterocycles. The Hall–Kier alpha value is -1.32. The maximum Gasteiger partial charge on any atom is 0.268 e. The summed E-state index contributed by atoms with van der Waals surface area (Å²) in [5, 5.41) is 24.4. The molecule has 0 spiro atoms. The van der Waals surface area contributed by atoms with Crippen LogP contribution >= 0.6 is 7.82 Å². The van der Waals surface area contributed by atoms with E-state index in [4.69, 9.17) is 9.05 Å². The van der Waals surface area contributed by atoms with Crippen LogP contribution in [-0.2, 0) is 18.4 Å². The molecule has 0 radical (unpaired) electrons. The number of phosphoric ester groups is 1. The highest BCUT2D eigenvalue weighted by atomic mass is 31.2. The fourth-order valence-electron chi connectivity index (χ4n) is 5.35. The van der Waals surface area contributed by atoms with Crippen LogP contribution < -0.4 is 10.2 Å². The van der Waals surface area contributed by atoms with Crippen molar-refractivity contribution in [1.82, 2.24) is 5.32 Å². The molecule has 0 rings (SSSR count). The lowest BCUT2D eigenvalue weighted by Crippen LogP contribution is -2.51. The zero-order valence-corrected chi connectivity index (χ0v) is 32.9. The number of amides is 1. The van der Waals surface area contributed by atoms with E-state index in [-0.39, 0.29) is 18.9 Å². The van der Waals surface area contributed by atoms with Gasteiger partial charge in [0.05, 0.1) is 39.9 Å². The highest BCUT2D eigenvalue weighted by Crippen LogP contribution is 2.38. The van der Waals surface area contributed by atoms with Gasteiger partial charge in [0.1, 0.15) is 19.3 Å². The molecule has 0 bridgehead atoms. The predicted octanol–water partition coefficient (Wildman–Crippen LogP) is 8.30. The number of carbonyl (C=O) groups excluding carboxylic acids is 1. The Kier molecular flexibility index (Phi) is 30.6. The monoisotopic (exact) mass is 715 g/mol. The number of likely N-dealkylation sites (N-methyl/N-ethyl adjacent to an activating group) is 1. The smallest absolute Gasteiger partial charge is 0.268 e. The molecule has 4 unspecified atom stereocenters. The number of quaternary nitrogens is 1. The first-order valence-corrected chi connectivity index (χ1v) is 20.8. The normalized spacial score (nSPS) is 15.7. The van der Waals surface area contributed by atoms with Gasteiger partial charge in [-0.3, -0.25) is 9.36 Å². The average molecular weight is 715 g/mol. The number of aliphatic hydroxyl groups excluding tert-OH is 2. The number of unbranched alkanes of at least 4 members (excludes halogenated alkanes) is 15. The molecule has 0 aliphatic carbocycles. The van der Waals surface area contributed by atoms with E-state index >= 15 is 0 Å². The SMILES string of the molecule is C/C=C/CC/C=C/CC/C=C/CCCC(O)C(O)C(COP(=O)([O-])OCC[N+](C)(C)C)NC(=O)CCCCCCCCCCCCCCC. The van der Waals surface area contributed by atoms with Gasteiger partial charge in [0.25, 0.3) is 7.82 Å². The van der Waals surface area contributed by atoms with E-state index in [1.807, 2.05) is 28.1 Å². The lowest BCUT2D eigenvalue weighted by atomic mass is 10.0. The van der Waals surface area contributed by atoms with Crippen molar-refractivity contribution in [3.05, 3.63) is 36.5 Å². The molecule has 0 aromatic carbocycles. The minimum Gasteiger partial charge on any atom is -0.756 e. The summed E-state index contributed by atoms with van der Waals surface area (Å²) < 4.78 is 23.0. The molecular formula is C39H75N2O7P. The molecule has 10 heteroatoms. The summed E-state index contributed by atoms with van der Waals surface area (Å²) in [7, 11) is 1.09. The third-order valence-corrected chi connectivity index (χ3v) is 9.49. The molecule has 0 aliphatic heterocycles. The number of rotatable bonds is 34. The van der Waals surface area contributed by atoms with Crippen molar-refractivity contribution in [3.8, 4) is 0 Å². The van der Waals surface area contributed by atoms with Gasteiger partial charge in [-0.1, -0.05) is 120 Å². The zero-order valence-electron chi connectivity index (χ0n) is 32.0. The summed E-state index contributed by atoms with van der Waals surface area (Å²) in [4.78, 5) is 25.2. The van der Waals surface area contributed by atoms with E-state index in [0.29, 0.717) is 30.3 Å². The summed E-state index contributed by atoms with van der Waals surface area (Å²) >= 11 is 0. The van der Waals surface area contributed by atoms with Crippen LogP contribution in [0.4, 0.5) is 0 Å². The molecule has 49 heavy (non-hydrogen) atoms. The molecule has 0 saturated heterocycles. The predicted molar refractivity (Wildman–Crippen MR) is 202 cm³/mol. The molecule has 3 N–H and O–H groups in total. The topological polar surface area (TPSA) is 128 Å².